The van der Waals surface area contributed by atoms with Crippen LogP contribution in [-0.4, -0.2) is 36.8 Å². The van der Waals surface area contributed by atoms with Crippen LogP contribution in [-0.2, 0) is 9.59 Å². The quantitative estimate of drug-likeness (QED) is 0.636. The summed E-state index contributed by atoms with van der Waals surface area (Å²) in [5.41, 5.74) is -1.07. The molecule has 0 radical (unpaired) electrons. The van der Waals surface area contributed by atoms with E-state index in [1.54, 1.807) is 0 Å². The summed E-state index contributed by atoms with van der Waals surface area (Å²) in [6.07, 6.45) is -4.49. The maximum Gasteiger partial charge on any atom is 0.471 e. The van der Waals surface area contributed by atoms with E-state index < -0.39 is 47.6 Å². The number of carboxylic acids is 1. The van der Waals surface area contributed by atoms with E-state index >= 15 is 0 Å². The van der Waals surface area contributed by atoms with E-state index in [4.69, 9.17) is 5.11 Å². The Balaban J connectivity index is 3.14. The minimum Gasteiger partial charge on any atom is -0.493 e. The summed E-state index contributed by atoms with van der Waals surface area (Å²) in [4.78, 5) is 21.7. The van der Waals surface area contributed by atoms with Crippen LogP contribution in [0.2, 0.25) is 0 Å². The van der Waals surface area contributed by atoms with Crippen molar-refractivity contribution in [2.45, 2.75) is 6.18 Å². The number of ether oxygens (including phenoxy) is 1. The van der Waals surface area contributed by atoms with E-state index in [1.807, 2.05) is 0 Å². The zero-order valence-electron chi connectivity index (χ0n) is 11.5. The van der Waals surface area contributed by atoms with Crippen molar-refractivity contribution in [3.05, 3.63) is 34.9 Å². The molecule has 0 atom stereocenters. The second-order valence-corrected chi connectivity index (χ2v) is 4.17. The summed E-state index contributed by atoms with van der Waals surface area (Å²) in [5, 5.41) is 10.3. The minimum atomic E-state index is -5.19. The SMILES string of the molecule is COc1c(F)cc(F)cc1C=C(CNC(=O)C(F)(F)F)C(=O)O. The molecule has 0 saturated carbocycles. The molecule has 1 aromatic rings. The van der Waals surface area contributed by atoms with Gasteiger partial charge < -0.3 is 15.2 Å². The molecule has 1 rings (SSSR count). The van der Waals surface area contributed by atoms with Gasteiger partial charge in [-0.1, -0.05) is 0 Å². The third-order valence-electron chi connectivity index (χ3n) is 2.54. The monoisotopic (exact) mass is 339 g/mol. The fourth-order valence-corrected chi connectivity index (χ4v) is 1.55. The van der Waals surface area contributed by atoms with Crippen LogP contribution in [0.25, 0.3) is 6.08 Å². The van der Waals surface area contributed by atoms with Crippen LogP contribution in [0.1, 0.15) is 5.56 Å². The average molecular weight is 339 g/mol. The predicted molar refractivity (Wildman–Crippen MR) is 67.6 cm³/mol. The number of hydrogen-bond donors (Lipinski definition) is 2. The lowest BCUT2D eigenvalue weighted by Crippen LogP contribution is -2.38. The zero-order valence-corrected chi connectivity index (χ0v) is 11.5. The van der Waals surface area contributed by atoms with Gasteiger partial charge in [-0.05, 0) is 12.1 Å². The van der Waals surface area contributed by atoms with E-state index in [2.05, 4.69) is 4.74 Å². The molecule has 2 N–H and O–H groups in total. The number of aliphatic carboxylic acids is 1. The van der Waals surface area contributed by atoms with Crippen molar-refractivity contribution in [2.24, 2.45) is 0 Å². The van der Waals surface area contributed by atoms with Gasteiger partial charge in [0.05, 0.1) is 19.2 Å². The van der Waals surface area contributed by atoms with E-state index in [9.17, 15) is 31.5 Å². The van der Waals surface area contributed by atoms with E-state index in [-0.39, 0.29) is 5.56 Å². The Morgan fingerprint density at radius 1 is 1.30 bits per heavy atom. The Kier molecular flexibility index (Phi) is 5.66. The number of hydrogen-bond acceptors (Lipinski definition) is 3. The lowest BCUT2D eigenvalue weighted by atomic mass is 10.1. The number of nitrogens with one attached hydrogen (secondary N) is 1. The number of amides is 1. The number of alkyl halides is 3. The molecule has 23 heavy (non-hydrogen) atoms. The van der Waals surface area contributed by atoms with Gasteiger partial charge in [-0.2, -0.15) is 13.2 Å². The van der Waals surface area contributed by atoms with Gasteiger partial charge in [0.25, 0.3) is 0 Å². The van der Waals surface area contributed by atoms with E-state index in [0.29, 0.717) is 12.1 Å². The second-order valence-electron chi connectivity index (χ2n) is 4.17. The Morgan fingerprint density at radius 3 is 2.39 bits per heavy atom. The molecule has 0 aliphatic heterocycles. The lowest BCUT2D eigenvalue weighted by Gasteiger charge is -2.10. The van der Waals surface area contributed by atoms with Crippen LogP contribution in [0.4, 0.5) is 22.0 Å². The summed E-state index contributed by atoms with van der Waals surface area (Å²) in [6.45, 7) is -1.00. The third-order valence-corrected chi connectivity index (χ3v) is 2.54. The summed E-state index contributed by atoms with van der Waals surface area (Å²) in [7, 11) is 1.04. The maximum absolute atomic E-state index is 13.5. The molecule has 0 aliphatic rings. The van der Waals surface area contributed by atoms with Crippen LogP contribution >= 0.6 is 0 Å². The molecule has 0 fully saturated rings. The van der Waals surface area contributed by atoms with Crippen molar-refractivity contribution in [2.75, 3.05) is 13.7 Å². The topological polar surface area (TPSA) is 75.6 Å². The van der Waals surface area contributed by atoms with Crippen LogP contribution < -0.4 is 10.1 Å². The summed E-state index contributed by atoms with van der Waals surface area (Å²) in [6, 6.07) is 1.22. The predicted octanol–water partition coefficient (Wildman–Crippen LogP) is 2.12. The number of rotatable bonds is 5. The normalized spacial score (nSPS) is 12.0. The van der Waals surface area contributed by atoms with Crippen LogP contribution in [0, 0.1) is 11.6 Å². The number of carbonyl (C=O) groups excluding carboxylic acids is 1. The fourth-order valence-electron chi connectivity index (χ4n) is 1.55. The molecule has 0 unspecified atom stereocenters. The highest BCUT2D eigenvalue weighted by atomic mass is 19.4. The first kappa shape index (κ1) is 18.4. The molecular formula is C13H10F5NO4. The second kappa shape index (κ2) is 7.07. The number of carboxylic acid groups (broad SMARTS) is 1. The first-order valence-electron chi connectivity index (χ1n) is 5.88. The van der Waals surface area contributed by atoms with Crippen LogP contribution in [0.5, 0.6) is 5.75 Å². The average Bonchev–Trinajstić information content (AvgIpc) is 2.41. The molecule has 0 bridgehead atoms. The summed E-state index contributed by atoms with van der Waals surface area (Å²) >= 11 is 0. The number of carbonyl (C=O) groups is 2. The highest BCUT2D eigenvalue weighted by molar-refractivity contribution is 5.94. The van der Waals surface area contributed by atoms with Gasteiger partial charge in [0.15, 0.2) is 11.6 Å². The molecule has 1 aromatic carbocycles. The van der Waals surface area contributed by atoms with Crippen molar-refractivity contribution >= 4 is 18.0 Å². The van der Waals surface area contributed by atoms with Gasteiger partial charge in [-0.3, -0.25) is 4.79 Å². The molecule has 0 spiro atoms. The summed E-state index contributed by atoms with van der Waals surface area (Å²) in [5.74, 6) is -6.69. The van der Waals surface area contributed by atoms with Gasteiger partial charge in [0.2, 0.25) is 0 Å². The van der Waals surface area contributed by atoms with Gasteiger partial charge >= 0.3 is 18.1 Å². The highest BCUT2D eigenvalue weighted by Gasteiger charge is 2.38. The Hall–Kier alpha value is -2.65. The Labute approximate surface area is 126 Å². The molecular weight excluding hydrogens is 329 g/mol. The smallest absolute Gasteiger partial charge is 0.471 e. The number of halogens is 5. The third kappa shape index (κ3) is 4.94. The number of methoxy groups -OCH3 is 1. The van der Waals surface area contributed by atoms with Gasteiger partial charge in [-0.25, -0.2) is 13.6 Å². The molecule has 0 aliphatic carbocycles. The van der Waals surface area contributed by atoms with Crippen molar-refractivity contribution in [1.29, 1.82) is 0 Å². The van der Waals surface area contributed by atoms with E-state index in [0.717, 1.165) is 13.2 Å². The zero-order chi connectivity index (χ0) is 17.8. The minimum absolute atomic E-state index is 0.344. The van der Waals surface area contributed by atoms with Crippen molar-refractivity contribution < 1.29 is 41.4 Å². The maximum atomic E-state index is 13.5. The van der Waals surface area contributed by atoms with Crippen molar-refractivity contribution in [3.8, 4) is 5.75 Å². The van der Waals surface area contributed by atoms with Crippen LogP contribution in [0.3, 0.4) is 0 Å². The largest absolute Gasteiger partial charge is 0.493 e. The lowest BCUT2D eigenvalue weighted by molar-refractivity contribution is -0.173. The Bertz CT molecular complexity index is 655. The van der Waals surface area contributed by atoms with Crippen LogP contribution in [0.15, 0.2) is 17.7 Å². The number of benzene rings is 1. The standard InChI is InChI=1S/C13H10F5NO4/c1-23-10-6(3-8(14)4-9(10)15)2-7(11(20)21)5-19-12(22)13(16,17)18/h2-4H,5H2,1H3,(H,19,22)(H,20,21). The highest BCUT2D eigenvalue weighted by Crippen LogP contribution is 2.26. The molecule has 5 nitrogen and oxygen atoms in total. The molecule has 0 heterocycles. The van der Waals surface area contributed by atoms with Crippen molar-refractivity contribution in [3.63, 3.8) is 0 Å². The molecule has 0 saturated heterocycles. The summed E-state index contributed by atoms with van der Waals surface area (Å²) < 4.78 is 67.5. The first-order chi connectivity index (χ1) is 10.6. The van der Waals surface area contributed by atoms with Gasteiger partial charge in [0, 0.05) is 11.6 Å². The van der Waals surface area contributed by atoms with Gasteiger partial charge in [0.1, 0.15) is 5.82 Å². The van der Waals surface area contributed by atoms with Crippen molar-refractivity contribution in [1.82, 2.24) is 5.32 Å². The van der Waals surface area contributed by atoms with Gasteiger partial charge in [-0.15, -0.1) is 0 Å². The molecule has 1 amide bonds. The Morgan fingerprint density at radius 2 is 1.91 bits per heavy atom. The molecule has 10 heteroatoms. The molecule has 0 aromatic heterocycles. The molecule has 126 valence electrons. The fraction of sp³-hybridized carbons (Fsp3) is 0.231. The van der Waals surface area contributed by atoms with E-state index in [1.165, 1.54) is 5.32 Å². The first-order valence-corrected chi connectivity index (χ1v) is 5.88.